The minimum atomic E-state index is -0.775. The Morgan fingerprint density at radius 3 is 2.38 bits per heavy atom. The van der Waals surface area contributed by atoms with Gasteiger partial charge in [-0.05, 0) is 40.9 Å². The molecule has 4 nitrogen and oxygen atoms in total. The number of benzene rings is 1. The molecule has 1 heterocycles. The highest BCUT2D eigenvalue weighted by Gasteiger charge is 2.30. The van der Waals surface area contributed by atoms with Crippen molar-refractivity contribution in [3.63, 3.8) is 0 Å². The second-order valence-corrected chi connectivity index (χ2v) is 5.60. The van der Waals surface area contributed by atoms with Crippen LogP contribution >= 0.6 is 15.9 Å². The molecular weight excluding hydrogens is 348 g/mol. The fraction of sp³-hybridized carbons (Fsp3) is 0.429. The number of hydrogen-bond acceptors (Lipinski definition) is 3. The van der Waals surface area contributed by atoms with Crippen LogP contribution in [0.2, 0.25) is 0 Å². The van der Waals surface area contributed by atoms with Crippen LogP contribution in [0.1, 0.15) is 23.2 Å². The van der Waals surface area contributed by atoms with E-state index < -0.39 is 17.5 Å². The molecule has 1 aliphatic heterocycles. The van der Waals surface area contributed by atoms with Crippen LogP contribution in [-0.4, -0.2) is 37.0 Å². The predicted octanol–water partition coefficient (Wildman–Crippen LogP) is 2.75. The van der Waals surface area contributed by atoms with E-state index in [2.05, 4.69) is 20.7 Å². The molecule has 0 aromatic heterocycles. The summed E-state index contributed by atoms with van der Waals surface area (Å²) in [7, 11) is 1.32. The van der Waals surface area contributed by atoms with Gasteiger partial charge in [-0.3, -0.25) is 9.59 Å². The molecular formula is C14H14BrF2NO3. The molecule has 0 unspecified atom stereocenters. The van der Waals surface area contributed by atoms with Crippen LogP contribution in [-0.2, 0) is 9.53 Å². The maximum atomic E-state index is 13.8. The summed E-state index contributed by atoms with van der Waals surface area (Å²) in [5.74, 6) is -2.60. The van der Waals surface area contributed by atoms with Crippen molar-refractivity contribution in [2.24, 2.45) is 5.92 Å². The Kier molecular flexibility index (Phi) is 4.92. The summed E-state index contributed by atoms with van der Waals surface area (Å²) in [6.07, 6.45) is 0.903. The highest BCUT2D eigenvalue weighted by molar-refractivity contribution is 9.10. The van der Waals surface area contributed by atoms with Gasteiger partial charge in [-0.2, -0.15) is 0 Å². The normalized spacial score (nSPS) is 15.9. The van der Waals surface area contributed by atoms with Crippen molar-refractivity contribution in [1.82, 2.24) is 4.90 Å². The van der Waals surface area contributed by atoms with Gasteiger partial charge in [-0.1, -0.05) is 0 Å². The number of hydrogen-bond donors (Lipinski definition) is 0. The van der Waals surface area contributed by atoms with Crippen molar-refractivity contribution < 1.29 is 23.1 Å². The van der Waals surface area contributed by atoms with E-state index in [1.165, 1.54) is 12.0 Å². The number of amides is 1. The predicted molar refractivity (Wildman–Crippen MR) is 74.7 cm³/mol. The van der Waals surface area contributed by atoms with E-state index in [4.69, 9.17) is 0 Å². The SMILES string of the molecule is COC(=O)C1CCN(C(=O)c2c(F)ccc(F)c2Br)CC1. The van der Waals surface area contributed by atoms with Crippen molar-refractivity contribution in [3.8, 4) is 0 Å². The maximum absolute atomic E-state index is 13.8. The first-order valence-corrected chi connectivity index (χ1v) is 7.25. The molecule has 1 aromatic rings. The molecule has 0 aliphatic carbocycles. The summed E-state index contributed by atoms with van der Waals surface area (Å²) >= 11 is 2.91. The molecule has 0 spiro atoms. The number of likely N-dealkylation sites (tertiary alicyclic amines) is 1. The van der Waals surface area contributed by atoms with Gasteiger partial charge in [0.1, 0.15) is 11.6 Å². The Morgan fingerprint density at radius 1 is 1.24 bits per heavy atom. The van der Waals surface area contributed by atoms with Crippen LogP contribution in [0, 0.1) is 17.6 Å². The summed E-state index contributed by atoms with van der Waals surface area (Å²) < 4.78 is 31.7. The number of halogens is 3. The molecule has 7 heteroatoms. The second kappa shape index (κ2) is 6.51. The molecule has 0 radical (unpaired) electrons. The van der Waals surface area contributed by atoms with Gasteiger partial charge in [0.2, 0.25) is 0 Å². The fourth-order valence-electron chi connectivity index (χ4n) is 2.37. The smallest absolute Gasteiger partial charge is 0.308 e. The van der Waals surface area contributed by atoms with E-state index in [0.29, 0.717) is 25.9 Å². The lowest BCUT2D eigenvalue weighted by molar-refractivity contribution is -0.146. The van der Waals surface area contributed by atoms with Gasteiger partial charge < -0.3 is 9.64 Å². The molecule has 1 saturated heterocycles. The molecule has 21 heavy (non-hydrogen) atoms. The first-order chi connectivity index (χ1) is 9.95. The minimum absolute atomic E-state index is 0.178. The topological polar surface area (TPSA) is 46.6 Å². The number of rotatable bonds is 2. The summed E-state index contributed by atoms with van der Waals surface area (Å²) in [5, 5.41) is 0. The zero-order valence-electron chi connectivity index (χ0n) is 11.4. The molecule has 2 rings (SSSR count). The average Bonchev–Trinajstić information content (AvgIpc) is 2.50. The Hall–Kier alpha value is -1.50. The van der Waals surface area contributed by atoms with Crippen molar-refractivity contribution in [3.05, 3.63) is 33.8 Å². The van der Waals surface area contributed by atoms with Crippen molar-refractivity contribution >= 4 is 27.8 Å². The third-order valence-corrected chi connectivity index (χ3v) is 4.35. The number of ether oxygens (including phenoxy) is 1. The molecule has 0 saturated carbocycles. The Morgan fingerprint density at radius 2 is 1.81 bits per heavy atom. The number of carbonyl (C=O) groups is 2. The number of piperidine rings is 1. The van der Waals surface area contributed by atoms with Crippen LogP contribution < -0.4 is 0 Å². The van der Waals surface area contributed by atoms with E-state index in [9.17, 15) is 18.4 Å². The van der Waals surface area contributed by atoms with E-state index in [0.717, 1.165) is 12.1 Å². The maximum Gasteiger partial charge on any atom is 0.308 e. The third-order valence-electron chi connectivity index (χ3n) is 3.57. The first-order valence-electron chi connectivity index (χ1n) is 6.46. The van der Waals surface area contributed by atoms with Gasteiger partial charge in [-0.15, -0.1) is 0 Å². The molecule has 1 aromatic carbocycles. The highest BCUT2D eigenvalue weighted by atomic mass is 79.9. The van der Waals surface area contributed by atoms with Crippen LogP contribution in [0.5, 0.6) is 0 Å². The fourth-order valence-corrected chi connectivity index (χ4v) is 2.86. The molecule has 0 atom stereocenters. The Bertz CT molecular complexity index is 572. The highest BCUT2D eigenvalue weighted by Crippen LogP contribution is 2.27. The van der Waals surface area contributed by atoms with Gasteiger partial charge >= 0.3 is 5.97 Å². The minimum Gasteiger partial charge on any atom is -0.469 e. The van der Waals surface area contributed by atoms with Crippen molar-refractivity contribution in [2.45, 2.75) is 12.8 Å². The zero-order valence-corrected chi connectivity index (χ0v) is 13.0. The number of nitrogens with zero attached hydrogens (tertiary/aromatic N) is 1. The van der Waals surface area contributed by atoms with Crippen LogP contribution in [0.15, 0.2) is 16.6 Å². The number of esters is 1. The number of carbonyl (C=O) groups excluding carboxylic acids is 2. The van der Waals surface area contributed by atoms with Crippen molar-refractivity contribution in [1.29, 1.82) is 0 Å². The summed E-state index contributed by atoms with van der Waals surface area (Å²) in [5.41, 5.74) is -0.313. The van der Waals surface area contributed by atoms with Crippen LogP contribution in [0.4, 0.5) is 8.78 Å². The molecule has 1 fully saturated rings. The average molecular weight is 362 g/mol. The van der Waals surface area contributed by atoms with Crippen molar-refractivity contribution in [2.75, 3.05) is 20.2 Å². The van der Waals surface area contributed by atoms with Crippen LogP contribution in [0.25, 0.3) is 0 Å². The number of methoxy groups -OCH3 is 1. The zero-order chi connectivity index (χ0) is 15.6. The first kappa shape index (κ1) is 15.9. The van der Waals surface area contributed by atoms with E-state index in [1.54, 1.807) is 0 Å². The van der Waals surface area contributed by atoms with Crippen LogP contribution in [0.3, 0.4) is 0 Å². The Balaban J connectivity index is 2.13. The van der Waals surface area contributed by atoms with Gasteiger partial charge in [-0.25, -0.2) is 8.78 Å². The van der Waals surface area contributed by atoms with Gasteiger partial charge in [0.15, 0.2) is 0 Å². The molecule has 114 valence electrons. The Labute approximate surface area is 129 Å². The van der Waals surface area contributed by atoms with Gasteiger partial charge in [0.25, 0.3) is 5.91 Å². The monoisotopic (exact) mass is 361 g/mol. The lowest BCUT2D eigenvalue weighted by Crippen LogP contribution is -2.41. The van der Waals surface area contributed by atoms with E-state index >= 15 is 0 Å². The molecule has 1 amide bonds. The van der Waals surface area contributed by atoms with E-state index in [1.807, 2.05) is 0 Å². The second-order valence-electron chi connectivity index (χ2n) is 4.81. The van der Waals surface area contributed by atoms with E-state index in [-0.39, 0.29) is 21.9 Å². The van der Waals surface area contributed by atoms with Gasteiger partial charge in [0.05, 0.1) is 23.1 Å². The summed E-state index contributed by atoms with van der Waals surface area (Å²) in [6, 6.07) is 1.88. The standard InChI is InChI=1S/C14H14BrF2NO3/c1-21-14(20)8-4-6-18(7-5-8)13(19)11-9(16)2-3-10(17)12(11)15/h2-3,8H,4-7H2,1H3. The molecule has 0 bridgehead atoms. The molecule has 1 aliphatic rings. The summed E-state index contributed by atoms with van der Waals surface area (Å²) in [4.78, 5) is 25.2. The lowest BCUT2D eigenvalue weighted by Gasteiger charge is -2.31. The quantitative estimate of drug-likeness (QED) is 0.601. The molecule has 0 N–H and O–H groups in total. The lowest BCUT2D eigenvalue weighted by atomic mass is 9.96. The largest absolute Gasteiger partial charge is 0.469 e. The van der Waals surface area contributed by atoms with Gasteiger partial charge in [0, 0.05) is 13.1 Å². The summed E-state index contributed by atoms with van der Waals surface area (Å²) in [6.45, 7) is 0.613. The third kappa shape index (κ3) is 3.23.